The van der Waals surface area contributed by atoms with E-state index in [4.69, 9.17) is 23.2 Å². The molecule has 0 aliphatic carbocycles. The molecule has 2 heterocycles. The highest BCUT2D eigenvalue weighted by Gasteiger charge is 2.69. The van der Waals surface area contributed by atoms with Crippen molar-refractivity contribution in [1.82, 2.24) is 10.2 Å². The van der Waals surface area contributed by atoms with Gasteiger partial charge in [-0.25, -0.2) is 4.39 Å². The Labute approximate surface area is 214 Å². The summed E-state index contributed by atoms with van der Waals surface area (Å²) in [6, 6.07) is 7.66. The summed E-state index contributed by atoms with van der Waals surface area (Å²) in [5.74, 6) is -3.05. The summed E-state index contributed by atoms with van der Waals surface area (Å²) in [5.41, 5.74) is -0.637. The third-order valence-corrected chi connectivity index (χ3v) is 7.55. The van der Waals surface area contributed by atoms with E-state index in [-0.39, 0.29) is 21.9 Å². The van der Waals surface area contributed by atoms with Gasteiger partial charge in [-0.2, -0.15) is 0 Å². The Balaban J connectivity index is 2.15. The molecule has 3 amide bonds. The van der Waals surface area contributed by atoms with E-state index >= 15 is 4.39 Å². The van der Waals surface area contributed by atoms with Gasteiger partial charge in [0, 0.05) is 30.6 Å². The number of anilines is 1. The Morgan fingerprint density at radius 1 is 1.20 bits per heavy atom. The van der Waals surface area contributed by atoms with Crippen molar-refractivity contribution in [3.05, 3.63) is 63.4 Å². The molecule has 9 heteroatoms. The molecular weight excluding hydrogens is 492 g/mol. The van der Waals surface area contributed by atoms with Crippen LogP contribution in [-0.4, -0.2) is 41.8 Å². The first-order chi connectivity index (χ1) is 16.3. The molecule has 0 unspecified atom stereocenters. The van der Waals surface area contributed by atoms with Crippen molar-refractivity contribution in [2.75, 3.05) is 12.4 Å². The van der Waals surface area contributed by atoms with Crippen molar-refractivity contribution >= 4 is 46.6 Å². The molecule has 6 nitrogen and oxygen atoms in total. The molecule has 4 atom stereocenters. The van der Waals surface area contributed by atoms with Gasteiger partial charge in [-0.3, -0.25) is 14.4 Å². The number of fused-ring (bicyclic) bond motifs is 2. The molecule has 2 N–H and O–H groups in total. The molecule has 1 saturated heterocycles. The van der Waals surface area contributed by atoms with Crippen LogP contribution in [0.5, 0.6) is 0 Å². The average molecular weight is 520 g/mol. The van der Waals surface area contributed by atoms with E-state index in [1.54, 1.807) is 24.3 Å². The second-order valence-electron chi connectivity index (χ2n) is 10.4. The smallest absolute Gasteiger partial charge is 0.243 e. The predicted molar refractivity (Wildman–Crippen MR) is 134 cm³/mol. The molecular formula is C26H28Cl2FN3O3. The van der Waals surface area contributed by atoms with E-state index in [1.165, 1.54) is 31.0 Å². The van der Waals surface area contributed by atoms with Crippen molar-refractivity contribution in [1.29, 1.82) is 0 Å². The van der Waals surface area contributed by atoms with Gasteiger partial charge in [0.1, 0.15) is 17.3 Å². The second-order valence-corrected chi connectivity index (χ2v) is 11.2. The van der Waals surface area contributed by atoms with Crippen LogP contribution in [-0.2, 0) is 19.8 Å². The molecule has 1 fully saturated rings. The molecule has 35 heavy (non-hydrogen) atoms. The SMILES string of the molecule is CNC(=O)[C@H]1[C@H](c2cccc(Cl)c2F)[C@]2(C(=O)Nc3cc(Cl)ccc32)[C@H](CC(C)(C)C)N1C(C)=O. The number of carbonyl (C=O) groups excluding carboxylic acids is 3. The van der Waals surface area contributed by atoms with E-state index in [9.17, 15) is 14.4 Å². The molecule has 2 aliphatic rings. The predicted octanol–water partition coefficient (Wildman–Crippen LogP) is 4.89. The summed E-state index contributed by atoms with van der Waals surface area (Å²) in [5, 5.41) is 5.82. The molecule has 2 aromatic rings. The largest absolute Gasteiger partial charge is 0.357 e. The number of nitrogens with zero attached hydrogens (tertiary/aromatic N) is 1. The molecule has 1 spiro atoms. The van der Waals surface area contributed by atoms with Crippen LogP contribution in [0.3, 0.4) is 0 Å². The number of carbonyl (C=O) groups is 3. The molecule has 186 valence electrons. The summed E-state index contributed by atoms with van der Waals surface area (Å²) in [6.07, 6.45) is 0.383. The average Bonchev–Trinajstić information content (AvgIpc) is 3.21. The van der Waals surface area contributed by atoms with E-state index in [2.05, 4.69) is 10.6 Å². The number of rotatable bonds is 3. The summed E-state index contributed by atoms with van der Waals surface area (Å²) >= 11 is 12.4. The standard InChI is InChI=1S/C26H28Cl2FN3O3/c1-13(33)32-19(12-25(2,3)4)26(16-10-9-14(27)11-18(16)31-24(26)35)20(22(32)23(34)30-5)15-7-6-8-17(28)21(15)29/h6-11,19-20,22H,12H2,1-5H3,(H,30,34)(H,31,35)/t19-,20-,22+,26+/m0/s1. The van der Waals surface area contributed by atoms with Gasteiger partial charge in [-0.05, 0) is 41.2 Å². The van der Waals surface area contributed by atoms with Crippen LogP contribution in [0, 0.1) is 11.2 Å². The van der Waals surface area contributed by atoms with Crippen molar-refractivity contribution < 1.29 is 18.8 Å². The lowest BCUT2D eigenvalue weighted by atomic mass is 9.62. The molecule has 2 aromatic carbocycles. The molecule has 0 aromatic heterocycles. The third-order valence-electron chi connectivity index (χ3n) is 7.02. The highest BCUT2D eigenvalue weighted by Crippen LogP contribution is 2.60. The highest BCUT2D eigenvalue weighted by atomic mass is 35.5. The second kappa shape index (κ2) is 8.79. The maximum absolute atomic E-state index is 15.7. The fourth-order valence-electron chi connectivity index (χ4n) is 5.85. The van der Waals surface area contributed by atoms with Crippen LogP contribution in [0.15, 0.2) is 36.4 Å². The Morgan fingerprint density at radius 3 is 2.49 bits per heavy atom. The van der Waals surface area contributed by atoms with Crippen LogP contribution < -0.4 is 10.6 Å². The first-order valence-corrected chi connectivity index (χ1v) is 12.2. The maximum Gasteiger partial charge on any atom is 0.243 e. The van der Waals surface area contributed by atoms with Crippen LogP contribution in [0.2, 0.25) is 10.0 Å². The molecule has 0 radical (unpaired) electrons. The van der Waals surface area contributed by atoms with Crippen molar-refractivity contribution in [2.24, 2.45) is 5.41 Å². The monoisotopic (exact) mass is 519 g/mol. The van der Waals surface area contributed by atoms with Crippen LogP contribution in [0.4, 0.5) is 10.1 Å². The topological polar surface area (TPSA) is 78.5 Å². The zero-order valence-corrected chi connectivity index (χ0v) is 21.7. The van der Waals surface area contributed by atoms with Gasteiger partial charge in [-0.15, -0.1) is 0 Å². The van der Waals surface area contributed by atoms with Gasteiger partial charge >= 0.3 is 0 Å². The summed E-state index contributed by atoms with van der Waals surface area (Å²) in [4.78, 5) is 42.2. The number of halogens is 3. The Kier molecular flexibility index (Phi) is 6.39. The minimum atomic E-state index is -1.46. The van der Waals surface area contributed by atoms with Gasteiger partial charge in [-0.1, -0.05) is 62.2 Å². The van der Waals surface area contributed by atoms with Gasteiger partial charge in [0.15, 0.2) is 0 Å². The lowest BCUT2D eigenvalue weighted by Crippen LogP contribution is -2.52. The highest BCUT2D eigenvalue weighted by molar-refractivity contribution is 6.31. The molecule has 4 rings (SSSR count). The van der Waals surface area contributed by atoms with Crippen molar-refractivity contribution in [3.8, 4) is 0 Å². The van der Waals surface area contributed by atoms with E-state index in [0.29, 0.717) is 22.7 Å². The van der Waals surface area contributed by atoms with Gasteiger partial charge < -0.3 is 15.5 Å². The first-order valence-electron chi connectivity index (χ1n) is 11.4. The number of hydrogen-bond acceptors (Lipinski definition) is 3. The Bertz CT molecular complexity index is 1230. The number of nitrogens with one attached hydrogen (secondary N) is 2. The number of hydrogen-bond donors (Lipinski definition) is 2. The van der Waals surface area contributed by atoms with Gasteiger partial charge in [0.25, 0.3) is 0 Å². The maximum atomic E-state index is 15.7. The van der Waals surface area contributed by atoms with Crippen molar-refractivity contribution in [3.63, 3.8) is 0 Å². The summed E-state index contributed by atoms with van der Waals surface area (Å²) in [7, 11) is 1.46. The first kappa shape index (κ1) is 25.5. The van der Waals surface area contributed by atoms with Crippen LogP contribution in [0.1, 0.15) is 51.2 Å². The fourth-order valence-corrected chi connectivity index (χ4v) is 6.21. The number of likely N-dealkylation sites (tertiary alicyclic amines) is 1. The minimum Gasteiger partial charge on any atom is -0.357 e. The lowest BCUT2D eigenvalue weighted by molar-refractivity contribution is -0.139. The molecule has 2 aliphatic heterocycles. The van der Waals surface area contributed by atoms with Crippen LogP contribution >= 0.6 is 23.2 Å². The summed E-state index contributed by atoms with van der Waals surface area (Å²) < 4.78 is 15.7. The minimum absolute atomic E-state index is 0.103. The normalized spacial score (nSPS) is 25.5. The molecule has 0 bridgehead atoms. The summed E-state index contributed by atoms with van der Waals surface area (Å²) in [6.45, 7) is 7.36. The number of amides is 3. The Morgan fingerprint density at radius 2 is 1.89 bits per heavy atom. The van der Waals surface area contributed by atoms with Crippen LogP contribution in [0.25, 0.3) is 0 Å². The quantitative estimate of drug-likeness (QED) is 0.605. The lowest BCUT2D eigenvalue weighted by Gasteiger charge is -2.39. The van der Waals surface area contributed by atoms with E-state index < -0.39 is 41.0 Å². The van der Waals surface area contributed by atoms with E-state index in [0.717, 1.165) is 0 Å². The zero-order chi connectivity index (χ0) is 25.9. The number of likely N-dealkylation sites (N-methyl/N-ethyl adjacent to an activating group) is 1. The van der Waals surface area contributed by atoms with Gasteiger partial charge in [0.2, 0.25) is 17.7 Å². The van der Waals surface area contributed by atoms with Crippen molar-refractivity contribution in [2.45, 2.75) is 57.5 Å². The third kappa shape index (κ3) is 3.89. The molecule has 0 saturated carbocycles. The number of benzene rings is 2. The fraction of sp³-hybridized carbons (Fsp3) is 0.423. The van der Waals surface area contributed by atoms with E-state index in [1.807, 2.05) is 20.8 Å². The Hall–Kier alpha value is -2.64. The zero-order valence-electron chi connectivity index (χ0n) is 20.2. The van der Waals surface area contributed by atoms with Gasteiger partial charge in [0.05, 0.1) is 11.1 Å².